The molecule has 0 amide bonds. The second kappa shape index (κ2) is 7.79. The lowest BCUT2D eigenvalue weighted by molar-refractivity contribution is 0.297. The van der Waals surface area contributed by atoms with E-state index >= 15 is 0 Å². The monoisotopic (exact) mass is 254 g/mol. The van der Waals surface area contributed by atoms with Crippen LogP contribution in [0.3, 0.4) is 0 Å². The van der Waals surface area contributed by atoms with Crippen LogP contribution in [0.1, 0.15) is 39.0 Å². The van der Waals surface area contributed by atoms with Gasteiger partial charge in [-0.2, -0.15) is 0 Å². The Bertz CT molecular complexity index is 270. The molecule has 0 heterocycles. The van der Waals surface area contributed by atoms with E-state index in [1.165, 1.54) is 12.8 Å². The Kier molecular flexibility index (Phi) is 6.32. The molecule has 1 fully saturated rings. The second-order valence-electron chi connectivity index (χ2n) is 4.90. The van der Waals surface area contributed by atoms with Crippen LogP contribution in [0.2, 0.25) is 0 Å². The number of rotatable bonds is 5. The minimum atomic E-state index is 0.0597. The third-order valence-electron chi connectivity index (χ3n) is 3.42. The van der Waals surface area contributed by atoms with Crippen LogP contribution in [0.15, 0.2) is 0 Å². The summed E-state index contributed by atoms with van der Waals surface area (Å²) in [4.78, 5) is 0. The summed E-state index contributed by atoms with van der Waals surface area (Å²) in [7, 11) is 0. The lowest BCUT2D eigenvalue weighted by Gasteiger charge is -2.29. The van der Waals surface area contributed by atoms with Crippen molar-refractivity contribution in [2.75, 3.05) is 13.1 Å². The summed E-state index contributed by atoms with van der Waals surface area (Å²) in [6, 6.07) is 0.438. The van der Waals surface area contributed by atoms with Crippen molar-refractivity contribution in [1.82, 2.24) is 16.0 Å². The average Bonchev–Trinajstić information content (AvgIpc) is 2.31. The maximum atomic E-state index is 7.66. The quantitative estimate of drug-likeness (QED) is 0.318. The van der Waals surface area contributed by atoms with Crippen LogP contribution in [-0.2, 0) is 0 Å². The van der Waals surface area contributed by atoms with E-state index in [4.69, 9.17) is 16.6 Å². The minimum Gasteiger partial charge on any atom is -0.370 e. The maximum Gasteiger partial charge on any atom is 0.188 e. The predicted octanol–water partition coefficient (Wildman–Crippen LogP) is 0.552. The number of nitrogens with two attached hydrogens (primary N) is 1. The Morgan fingerprint density at radius 1 is 1.17 bits per heavy atom. The van der Waals surface area contributed by atoms with E-state index in [0.29, 0.717) is 12.0 Å². The summed E-state index contributed by atoms with van der Waals surface area (Å²) in [5, 5.41) is 23.8. The van der Waals surface area contributed by atoms with Gasteiger partial charge in [-0.1, -0.05) is 0 Å². The molecule has 0 aromatic rings. The molecule has 1 rings (SSSR count). The predicted molar refractivity (Wildman–Crippen MR) is 74.8 cm³/mol. The molecule has 0 bridgehead atoms. The molecule has 0 atom stereocenters. The molecule has 0 aromatic heterocycles. The first-order chi connectivity index (χ1) is 8.61. The van der Waals surface area contributed by atoms with Crippen molar-refractivity contribution in [3.8, 4) is 0 Å². The first-order valence-corrected chi connectivity index (χ1v) is 6.78. The molecule has 0 saturated heterocycles. The summed E-state index contributed by atoms with van der Waals surface area (Å²) in [5.74, 6) is 1.23. The first-order valence-electron chi connectivity index (χ1n) is 6.78. The van der Waals surface area contributed by atoms with Gasteiger partial charge >= 0.3 is 0 Å². The third kappa shape index (κ3) is 5.75. The lowest BCUT2D eigenvalue weighted by Crippen LogP contribution is -2.44. The fraction of sp³-hybridized carbons (Fsp3) is 0.833. The van der Waals surface area contributed by atoms with E-state index in [9.17, 15) is 0 Å². The summed E-state index contributed by atoms with van der Waals surface area (Å²) >= 11 is 0. The van der Waals surface area contributed by atoms with Gasteiger partial charge in [0, 0.05) is 19.1 Å². The summed E-state index contributed by atoms with van der Waals surface area (Å²) in [5.41, 5.74) is 5.25. The SMILES string of the molecule is CCNC(=N)NC1CCC(CCNC(=N)N)CC1. The number of nitrogens with one attached hydrogen (secondary N) is 5. The smallest absolute Gasteiger partial charge is 0.188 e. The van der Waals surface area contributed by atoms with E-state index in [-0.39, 0.29) is 5.96 Å². The highest BCUT2D eigenvalue weighted by Crippen LogP contribution is 2.26. The van der Waals surface area contributed by atoms with E-state index in [2.05, 4.69) is 16.0 Å². The van der Waals surface area contributed by atoms with Gasteiger partial charge < -0.3 is 21.7 Å². The molecule has 0 spiro atoms. The molecule has 6 nitrogen and oxygen atoms in total. The van der Waals surface area contributed by atoms with Crippen LogP contribution >= 0.6 is 0 Å². The maximum absolute atomic E-state index is 7.66. The highest BCUT2D eigenvalue weighted by Gasteiger charge is 2.21. The zero-order valence-electron chi connectivity index (χ0n) is 11.2. The van der Waals surface area contributed by atoms with Crippen LogP contribution < -0.4 is 21.7 Å². The average molecular weight is 254 g/mol. The largest absolute Gasteiger partial charge is 0.370 e. The Labute approximate surface area is 109 Å². The van der Waals surface area contributed by atoms with Crippen molar-refractivity contribution in [2.24, 2.45) is 11.7 Å². The van der Waals surface area contributed by atoms with Gasteiger partial charge in [-0.15, -0.1) is 0 Å². The summed E-state index contributed by atoms with van der Waals surface area (Å²) in [6.07, 6.45) is 5.71. The Morgan fingerprint density at radius 3 is 2.39 bits per heavy atom. The molecule has 6 heteroatoms. The third-order valence-corrected chi connectivity index (χ3v) is 3.42. The molecular formula is C12H26N6. The molecule has 0 radical (unpaired) electrons. The molecular weight excluding hydrogens is 228 g/mol. The Hall–Kier alpha value is -1.46. The molecule has 1 aliphatic rings. The first kappa shape index (κ1) is 14.6. The van der Waals surface area contributed by atoms with Crippen LogP contribution in [0.5, 0.6) is 0 Å². The van der Waals surface area contributed by atoms with Crippen molar-refractivity contribution in [3.63, 3.8) is 0 Å². The van der Waals surface area contributed by atoms with Crippen molar-refractivity contribution >= 4 is 11.9 Å². The standard InChI is InChI=1S/C12H26N6/c1-2-16-12(15)18-10-5-3-9(4-6-10)7-8-17-11(13)14/h9-10H,2-8H2,1H3,(H4,13,14,17)(H3,15,16,18). The number of hydrogen-bond acceptors (Lipinski definition) is 2. The van der Waals surface area contributed by atoms with Gasteiger partial charge in [-0.05, 0) is 44.9 Å². The normalized spacial score (nSPS) is 23.2. The van der Waals surface area contributed by atoms with Gasteiger partial charge in [0.2, 0.25) is 0 Å². The van der Waals surface area contributed by atoms with Gasteiger partial charge in [0.05, 0.1) is 0 Å². The zero-order chi connectivity index (χ0) is 13.4. The Morgan fingerprint density at radius 2 is 1.83 bits per heavy atom. The van der Waals surface area contributed by atoms with Crippen molar-refractivity contribution in [3.05, 3.63) is 0 Å². The van der Waals surface area contributed by atoms with Crippen LogP contribution in [0.4, 0.5) is 0 Å². The van der Waals surface area contributed by atoms with Gasteiger partial charge in [0.15, 0.2) is 11.9 Å². The van der Waals surface area contributed by atoms with Gasteiger partial charge in [0.1, 0.15) is 0 Å². The zero-order valence-corrected chi connectivity index (χ0v) is 11.2. The minimum absolute atomic E-state index is 0.0597. The van der Waals surface area contributed by atoms with E-state index in [0.717, 1.165) is 38.3 Å². The molecule has 104 valence electrons. The van der Waals surface area contributed by atoms with Gasteiger partial charge in [-0.25, -0.2) is 0 Å². The second-order valence-corrected chi connectivity index (χ2v) is 4.90. The molecule has 7 N–H and O–H groups in total. The van der Waals surface area contributed by atoms with E-state index in [1.807, 2.05) is 6.92 Å². The Balaban J connectivity index is 2.12. The van der Waals surface area contributed by atoms with Gasteiger partial charge in [-0.3, -0.25) is 10.8 Å². The molecule has 1 aliphatic carbocycles. The fourth-order valence-corrected chi connectivity index (χ4v) is 2.44. The van der Waals surface area contributed by atoms with Crippen molar-refractivity contribution < 1.29 is 0 Å². The fourth-order valence-electron chi connectivity index (χ4n) is 2.44. The molecule has 0 aromatic carbocycles. The molecule has 0 aliphatic heterocycles. The van der Waals surface area contributed by atoms with Crippen molar-refractivity contribution in [2.45, 2.75) is 45.1 Å². The molecule has 0 unspecified atom stereocenters. The van der Waals surface area contributed by atoms with E-state index < -0.39 is 0 Å². The highest BCUT2D eigenvalue weighted by atomic mass is 15.1. The van der Waals surface area contributed by atoms with Crippen LogP contribution in [0.25, 0.3) is 0 Å². The highest BCUT2D eigenvalue weighted by molar-refractivity contribution is 5.76. The topological polar surface area (TPSA) is 110 Å². The number of guanidine groups is 2. The summed E-state index contributed by atoms with van der Waals surface area (Å²) < 4.78 is 0. The van der Waals surface area contributed by atoms with Crippen LogP contribution in [0, 0.1) is 16.7 Å². The van der Waals surface area contributed by atoms with Crippen molar-refractivity contribution in [1.29, 1.82) is 10.8 Å². The molecule has 1 saturated carbocycles. The number of hydrogen-bond donors (Lipinski definition) is 6. The van der Waals surface area contributed by atoms with Gasteiger partial charge in [0.25, 0.3) is 0 Å². The lowest BCUT2D eigenvalue weighted by atomic mass is 9.84. The van der Waals surface area contributed by atoms with Crippen LogP contribution in [-0.4, -0.2) is 31.1 Å². The van der Waals surface area contributed by atoms with E-state index in [1.54, 1.807) is 0 Å². The molecule has 18 heavy (non-hydrogen) atoms. The summed E-state index contributed by atoms with van der Waals surface area (Å²) in [6.45, 7) is 3.58.